The summed E-state index contributed by atoms with van der Waals surface area (Å²) in [6.45, 7) is 1.71. The second-order valence-electron chi connectivity index (χ2n) is 8.12. The van der Waals surface area contributed by atoms with Crippen molar-refractivity contribution < 1.29 is 4.79 Å². The fourth-order valence-electron chi connectivity index (χ4n) is 4.53. The molecule has 1 unspecified atom stereocenters. The van der Waals surface area contributed by atoms with Gasteiger partial charge in [0.05, 0.1) is 12.2 Å². The van der Waals surface area contributed by atoms with E-state index < -0.39 is 0 Å². The Balaban J connectivity index is 1.35. The van der Waals surface area contributed by atoms with Crippen LogP contribution in [0.3, 0.4) is 0 Å². The van der Waals surface area contributed by atoms with Crippen molar-refractivity contribution in [2.45, 2.75) is 63.8 Å². The summed E-state index contributed by atoms with van der Waals surface area (Å²) in [5.74, 6) is 1.80. The molecule has 2 aliphatic rings. The molecule has 27 heavy (non-hydrogen) atoms. The highest BCUT2D eigenvalue weighted by atomic mass is 16.2. The molecule has 1 atom stereocenters. The van der Waals surface area contributed by atoms with Crippen LogP contribution in [-0.4, -0.2) is 48.4 Å². The third-order valence-electron chi connectivity index (χ3n) is 6.17. The molecule has 1 aliphatic carbocycles. The summed E-state index contributed by atoms with van der Waals surface area (Å²) in [6, 6.07) is 0.305. The van der Waals surface area contributed by atoms with E-state index in [9.17, 15) is 4.79 Å². The van der Waals surface area contributed by atoms with Gasteiger partial charge < -0.3 is 9.47 Å². The molecular weight excluding hydrogens is 340 g/mol. The van der Waals surface area contributed by atoms with E-state index >= 15 is 0 Å². The standard InChI is InChI=1S/C20H30N6O/c1-24-13-10-21-20(24)18-15-26(23-22-18)17-8-5-11-25(12-9-17)19(27)14-16-6-3-2-4-7-16/h10,13,15-17H,2-9,11-12,14H2,1H3. The fraction of sp³-hybridized carbons (Fsp3) is 0.700. The predicted molar refractivity (Wildman–Crippen MR) is 103 cm³/mol. The molecule has 2 fully saturated rings. The molecule has 0 N–H and O–H groups in total. The van der Waals surface area contributed by atoms with Gasteiger partial charge in [0.1, 0.15) is 5.69 Å². The summed E-state index contributed by atoms with van der Waals surface area (Å²) in [4.78, 5) is 19.2. The van der Waals surface area contributed by atoms with E-state index in [2.05, 4.69) is 20.2 Å². The zero-order valence-electron chi connectivity index (χ0n) is 16.3. The summed E-state index contributed by atoms with van der Waals surface area (Å²) >= 11 is 0. The third kappa shape index (κ3) is 4.22. The first-order chi connectivity index (χ1) is 13.2. The molecule has 3 heterocycles. The first-order valence-corrected chi connectivity index (χ1v) is 10.4. The van der Waals surface area contributed by atoms with Crippen molar-refractivity contribution in [3.63, 3.8) is 0 Å². The van der Waals surface area contributed by atoms with Crippen LogP contribution in [-0.2, 0) is 11.8 Å². The maximum Gasteiger partial charge on any atom is 0.222 e. The fourth-order valence-corrected chi connectivity index (χ4v) is 4.53. The van der Waals surface area contributed by atoms with Gasteiger partial charge in [0, 0.05) is 39.0 Å². The van der Waals surface area contributed by atoms with E-state index in [1.165, 1.54) is 32.1 Å². The number of hydrogen-bond acceptors (Lipinski definition) is 4. The quantitative estimate of drug-likeness (QED) is 0.829. The maximum absolute atomic E-state index is 12.7. The average Bonchev–Trinajstić information content (AvgIpc) is 3.25. The molecule has 1 amide bonds. The molecule has 0 aromatic carbocycles. The van der Waals surface area contributed by atoms with Crippen LogP contribution in [0.1, 0.15) is 63.8 Å². The van der Waals surface area contributed by atoms with Crippen molar-refractivity contribution in [3.05, 3.63) is 18.6 Å². The van der Waals surface area contributed by atoms with Crippen molar-refractivity contribution in [1.29, 1.82) is 0 Å². The van der Waals surface area contributed by atoms with Gasteiger partial charge >= 0.3 is 0 Å². The first-order valence-electron chi connectivity index (χ1n) is 10.4. The Bertz CT molecular complexity index is 760. The molecule has 0 radical (unpaired) electrons. The van der Waals surface area contributed by atoms with Crippen molar-refractivity contribution in [2.75, 3.05) is 13.1 Å². The lowest BCUT2D eigenvalue weighted by Crippen LogP contribution is -2.33. The van der Waals surface area contributed by atoms with Gasteiger partial charge in [0.15, 0.2) is 5.82 Å². The lowest BCUT2D eigenvalue weighted by molar-refractivity contribution is -0.132. The third-order valence-corrected chi connectivity index (χ3v) is 6.17. The van der Waals surface area contributed by atoms with Gasteiger partial charge in [0.2, 0.25) is 5.91 Å². The number of rotatable bonds is 4. The van der Waals surface area contributed by atoms with Crippen LogP contribution in [0.25, 0.3) is 11.5 Å². The highest BCUT2D eigenvalue weighted by Gasteiger charge is 2.25. The van der Waals surface area contributed by atoms with Gasteiger partial charge in [-0.3, -0.25) is 4.79 Å². The van der Waals surface area contributed by atoms with E-state index in [-0.39, 0.29) is 0 Å². The Hall–Kier alpha value is -2.18. The van der Waals surface area contributed by atoms with E-state index in [0.717, 1.165) is 50.3 Å². The molecule has 1 saturated heterocycles. The van der Waals surface area contributed by atoms with Gasteiger partial charge in [-0.05, 0) is 38.0 Å². The number of hydrogen-bond donors (Lipinski definition) is 0. The summed E-state index contributed by atoms with van der Waals surface area (Å²) in [5, 5.41) is 8.66. The summed E-state index contributed by atoms with van der Waals surface area (Å²) in [5.41, 5.74) is 0.803. The second kappa shape index (κ2) is 8.23. The molecule has 1 aliphatic heterocycles. The number of imidazole rings is 1. The van der Waals surface area contributed by atoms with Crippen LogP contribution in [0.4, 0.5) is 0 Å². The SMILES string of the molecule is Cn1ccnc1-c1cn(C2CCCN(C(=O)CC3CCCCC3)CC2)nn1. The van der Waals surface area contributed by atoms with E-state index in [4.69, 9.17) is 0 Å². The van der Waals surface area contributed by atoms with Gasteiger partial charge in [-0.1, -0.05) is 24.5 Å². The Morgan fingerprint density at radius 2 is 1.96 bits per heavy atom. The molecular formula is C20H30N6O. The predicted octanol–water partition coefficient (Wildman–Crippen LogP) is 3.20. The number of aryl methyl sites for hydroxylation is 1. The van der Waals surface area contributed by atoms with Crippen LogP contribution < -0.4 is 0 Å². The largest absolute Gasteiger partial charge is 0.343 e. The van der Waals surface area contributed by atoms with Crippen LogP contribution in [0.5, 0.6) is 0 Å². The summed E-state index contributed by atoms with van der Waals surface area (Å²) in [7, 11) is 1.96. The maximum atomic E-state index is 12.7. The van der Waals surface area contributed by atoms with Crippen molar-refractivity contribution in [2.24, 2.45) is 13.0 Å². The zero-order valence-corrected chi connectivity index (χ0v) is 16.3. The number of aromatic nitrogens is 5. The van der Waals surface area contributed by atoms with Crippen molar-refractivity contribution >= 4 is 5.91 Å². The highest BCUT2D eigenvalue weighted by molar-refractivity contribution is 5.76. The zero-order chi connectivity index (χ0) is 18.6. The number of carbonyl (C=O) groups is 1. The van der Waals surface area contributed by atoms with Crippen LogP contribution in [0.15, 0.2) is 18.6 Å². The second-order valence-corrected chi connectivity index (χ2v) is 8.12. The highest BCUT2D eigenvalue weighted by Crippen LogP contribution is 2.28. The molecule has 7 nitrogen and oxygen atoms in total. The minimum atomic E-state index is 0.305. The molecule has 0 spiro atoms. The van der Waals surface area contributed by atoms with E-state index in [0.29, 0.717) is 17.9 Å². The number of amides is 1. The van der Waals surface area contributed by atoms with Crippen molar-refractivity contribution in [1.82, 2.24) is 29.4 Å². The average molecular weight is 371 g/mol. The number of carbonyl (C=O) groups excluding carboxylic acids is 1. The van der Waals surface area contributed by atoms with Gasteiger partial charge in [0.25, 0.3) is 0 Å². The van der Waals surface area contributed by atoms with Gasteiger partial charge in [-0.15, -0.1) is 5.10 Å². The minimum Gasteiger partial charge on any atom is -0.343 e. The van der Waals surface area contributed by atoms with Crippen LogP contribution >= 0.6 is 0 Å². The first kappa shape index (κ1) is 18.2. The van der Waals surface area contributed by atoms with E-state index in [1.54, 1.807) is 6.20 Å². The molecule has 7 heteroatoms. The van der Waals surface area contributed by atoms with Gasteiger partial charge in [-0.25, -0.2) is 9.67 Å². The van der Waals surface area contributed by atoms with E-state index in [1.807, 2.05) is 28.7 Å². The minimum absolute atomic E-state index is 0.305. The summed E-state index contributed by atoms with van der Waals surface area (Å²) in [6.07, 6.45) is 15.8. The Morgan fingerprint density at radius 3 is 2.74 bits per heavy atom. The number of nitrogens with zero attached hydrogens (tertiary/aromatic N) is 6. The molecule has 146 valence electrons. The van der Waals surface area contributed by atoms with Crippen molar-refractivity contribution in [3.8, 4) is 11.5 Å². The Labute approximate surface area is 160 Å². The molecule has 0 bridgehead atoms. The Kier molecular flexibility index (Phi) is 5.55. The van der Waals surface area contributed by atoms with Gasteiger partial charge in [-0.2, -0.15) is 0 Å². The Morgan fingerprint density at radius 1 is 1.11 bits per heavy atom. The summed E-state index contributed by atoms with van der Waals surface area (Å²) < 4.78 is 3.92. The van der Waals surface area contributed by atoms with Crippen LogP contribution in [0, 0.1) is 5.92 Å². The molecule has 4 rings (SSSR count). The monoisotopic (exact) mass is 370 g/mol. The van der Waals surface area contributed by atoms with Crippen LogP contribution in [0.2, 0.25) is 0 Å². The normalized spacial score (nSPS) is 22.0. The number of likely N-dealkylation sites (tertiary alicyclic amines) is 1. The smallest absolute Gasteiger partial charge is 0.222 e. The lowest BCUT2D eigenvalue weighted by atomic mass is 9.86. The topological polar surface area (TPSA) is 68.8 Å². The molecule has 2 aromatic rings. The molecule has 2 aromatic heterocycles. The molecule has 1 saturated carbocycles. The lowest BCUT2D eigenvalue weighted by Gasteiger charge is -2.26.